The summed E-state index contributed by atoms with van der Waals surface area (Å²) in [6, 6.07) is 7.93. The molecule has 4 rings (SSSR count). The molecule has 3 aliphatic rings. The number of ketones is 1. The molecular weight excluding hydrogens is 386 g/mol. The summed E-state index contributed by atoms with van der Waals surface area (Å²) in [7, 11) is 0. The quantitative estimate of drug-likeness (QED) is 0.629. The number of carbonyl (C=O) groups excluding carboxylic acids is 1. The molecule has 0 saturated heterocycles. The summed E-state index contributed by atoms with van der Waals surface area (Å²) in [5, 5.41) is 2.59. The maximum atomic E-state index is 12.8. The van der Waals surface area contributed by atoms with Gasteiger partial charge in [-0.05, 0) is 30.7 Å². The third-order valence-electron chi connectivity index (χ3n) is 4.05. The average Bonchev–Trinajstić information content (AvgIpc) is 3.17. The summed E-state index contributed by atoms with van der Waals surface area (Å²) >= 11 is 4.89. The van der Waals surface area contributed by atoms with E-state index in [1.165, 1.54) is 11.8 Å². The van der Waals surface area contributed by atoms with E-state index in [0.29, 0.717) is 17.2 Å². The fourth-order valence-corrected chi connectivity index (χ4v) is 3.99. The van der Waals surface area contributed by atoms with Crippen molar-refractivity contribution in [2.45, 2.75) is 13.3 Å². The van der Waals surface area contributed by atoms with E-state index >= 15 is 0 Å². The lowest BCUT2D eigenvalue weighted by Crippen LogP contribution is -2.16. The Bertz CT molecular complexity index is 875. The van der Waals surface area contributed by atoms with Crippen molar-refractivity contribution in [3.63, 3.8) is 0 Å². The zero-order valence-electron chi connectivity index (χ0n) is 13.0. The Kier molecular flexibility index (Phi) is 3.98. The maximum absolute atomic E-state index is 12.8. The Labute approximate surface area is 153 Å². The van der Waals surface area contributed by atoms with E-state index in [-0.39, 0.29) is 5.78 Å². The monoisotopic (exact) mass is 399 g/mol. The summed E-state index contributed by atoms with van der Waals surface area (Å²) in [5.74, 6) is 0.822. The molecule has 0 radical (unpaired) electrons. The molecule has 0 unspecified atom stereocenters. The lowest BCUT2D eigenvalue weighted by atomic mass is 10.1. The molecular formula is C19H14BrNO2S. The van der Waals surface area contributed by atoms with Crippen molar-refractivity contribution >= 4 is 39.2 Å². The minimum atomic E-state index is 0.0525. The lowest BCUT2D eigenvalue weighted by molar-refractivity contribution is -0.112. The van der Waals surface area contributed by atoms with Crippen LogP contribution in [-0.4, -0.2) is 10.7 Å². The third-order valence-corrected chi connectivity index (χ3v) is 5.40. The minimum absolute atomic E-state index is 0.0525. The van der Waals surface area contributed by atoms with Crippen LogP contribution in [0.15, 0.2) is 80.6 Å². The molecule has 0 saturated carbocycles. The Morgan fingerprint density at radius 3 is 2.75 bits per heavy atom. The predicted molar refractivity (Wildman–Crippen MR) is 100 cm³/mol. The second-order valence-electron chi connectivity index (χ2n) is 5.46. The molecule has 0 amide bonds. The number of rotatable bonds is 2. The molecule has 3 nitrogen and oxygen atoms in total. The van der Waals surface area contributed by atoms with Gasteiger partial charge in [-0.1, -0.05) is 52.8 Å². The molecule has 5 heteroatoms. The maximum Gasteiger partial charge on any atom is 0.212 e. The van der Waals surface area contributed by atoms with Crippen molar-refractivity contribution in [1.29, 1.82) is 0 Å². The fraction of sp³-hybridized carbons (Fsp3) is 0.105. The van der Waals surface area contributed by atoms with Crippen molar-refractivity contribution in [1.82, 2.24) is 4.90 Å². The number of carbonyl (C=O) groups is 1. The average molecular weight is 400 g/mol. The first-order valence-electron chi connectivity index (χ1n) is 7.66. The first kappa shape index (κ1) is 15.5. The Morgan fingerprint density at radius 1 is 1.21 bits per heavy atom. The van der Waals surface area contributed by atoms with E-state index < -0.39 is 0 Å². The summed E-state index contributed by atoms with van der Waals surface area (Å²) in [5.41, 5.74) is 3.38. The van der Waals surface area contributed by atoms with Crippen molar-refractivity contribution in [2.24, 2.45) is 0 Å². The molecule has 0 aliphatic carbocycles. The number of halogens is 1. The van der Waals surface area contributed by atoms with E-state index in [9.17, 15) is 4.79 Å². The van der Waals surface area contributed by atoms with E-state index in [4.69, 9.17) is 4.74 Å². The summed E-state index contributed by atoms with van der Waals surface area (Å²) in [6.45, 7) is 2.01. The van der Waals surface area contributed by atoms with Gasteiger partial charge in [-0.3, -0.25) is 4.79 Å². The predicted octanol–water partition coefficient (Wildman–Crippen LogP) is 5.31. The zero-order chi connectivity index (χ0) is 16.7. The highest BCUT2D eigenvalue weighted by molar-refractivity contribution is 9.10. The number of allylic oxidation sites excluding steroid dienone is 4. The van der Waals surface area contributed by atoms with Gasteiger partial charge in [0, 0.05) is 27.2 Å². The first-order valence-corrected chi connectivity index (χ1v) is 9.33. The van der Waals surface area contributed by atoms with Gasteiger partial charge < -0.3 is 9.64 Å². The normalized spacial score (nSPS) is 22.2. The second-order valence-corrected chi connectivity index (χ2v) is 7.22. The van der Waals surface area contributed by atoms with Crippen LogP contribution in [0.3, 0.4) is 0 Å². The highest BCUT2D eigenvalue weighted by Crippen LogP contribution is 2.44. The van der Waals surface area contributed by atoms with Crippen LogP contribution in [0, 0.1) is 0 Å². The van der Waals surface area contributed by atoms with Crippen LogP contribution >= 0.6 is 27.7 Å². The topological polar surface area (TPSA) is 29.5 Å². The molecule has 0 N–H and O–H groups in total. The molecule has 0 atom stereocenters. The standard InChI is InChI=1S/C19H14BrNO2S/c1-2-14-15-5-3-4-10-21(15)17(18(14)22)19-23-16(11-24-19)12-6-8-13(20)9-7-12/h3-11H,2H2,1H3/b19-17+. The molecule has 3 heterocycles. The van der Waals surface area contributed by atoms with Crippen LogP contribution in [0.4, 0.5) is 0 Å². The molecule has 24 heavy (non-hydrogen) atoms. The van der Waals surface area contributed by atoms with Crippen LogP contribution in [-0.2, 0) is 9.53 Å². The smallest absolute Gasteiger partial charge is 0.212 e. The molecule has 3 aliphatic heterocycles. The van der Waals surface area contributed by atoms with Crippen LogP contribution < -0.4 is 0 Å². The van der Waals surface area contributed by atoms with Crippen molar-refractivity contribution in [2.75, 3.05) is 0 Å². The Hall–Kier alpha value is -1.98. The molecule has 120 valence electrons. The number of hydrogen-bond donors (Lipinski definition) is 0. The van der Waals surface area contributed by atoms with Gasteiger partial charge >= 0.3 is 0 Å². The Morgan fingerprint density at radius 2 is 2.00 bits per heavy atom. The molecule has 0 bridgehead atoms. The van der Waals surface area contributed by atoms with E-state index in [1.807, 2.05) is 65.9 Å². The van der Waals surface area contributed by atoms with Gasteiger partial charge in [0.05, 0.1) is 5.70 Å². The van der Waals surface area contributed by atoms with Crippen LogP contribution in [0.5, 0.6) is 0 Å². The number of nitrogens with zero attached hydrogens (tertiary/aromatic N) is 1. The van der Waals surface area contributed by atoms with Gasteiger partial charge in [0.25, 0.3) is 0 Å². The number of thioether (sulfide) groups is 1. The molecule has 0 spiro atoms. The first-order chi connectivity index (χ1) is 11.7. The lowest BCUT2D eigenvalue weighted by Gasteiger charge is -2.20. The van der Waals surface area contributed by atoms with E-state index in [1.54, 1.807) is 0 Å². The van der Waals surface area contributed by atoms with Crippen LogP contribution in [0.2, 0.25) is 0 Å². The van der Waals surface area contributed by atoms with Gasteiger partial charge in [-0.2, -0.15) is 0 Å². The van der Waals surface area contributed by atoms with Gasteiger partial charge in [-0.25, -0.2) is 0 Å². The third kappa shape index (κ3) is 2.48. The van der Waals surface area contributed by atoms with Gasteiger partial charge in [0.2, 0.25) is 5.78 Å². The number of hydrogen-bond acceptors (Lipinski definition) is 4. The van der Waals surface area contributed by atoms with Crippen LogP contribution in [0.1, 0.15) is 18.9 Å². The molecule has 1 aromatic carbocycles. The number of benzene rings is 1. The fourth-order valence-electron chi connectivity index (χ4n) is 2.89. The van der Waals surface area contributed by atoms with E-state index in [0.717, 1.165) is 27.1 Å². The van der Waals surface area contributed by atoms with Crippen molar-refractivity contribution in [3.8, 4) is 0 Å². The van der Waals surface area contributed by atoms with Gasteiger partial charge in [0.15, 0.2) is 5.09 Å². The van der Waals surface area contributed by atoms with Crippen LogP contribution in [0.25, 0.3) is 5.76 Å². The largest absolute Gasteiger partial charge is 0.447 e. The number of fused-ring (bicyclic) bond motifs is 1. The van der Waals surface area contributed by atoms with Gasteiger partial charge in [0.1, 0.15) is 11.5 Å². The number of Topliss-reactive ketones (excluding diaryl/α,β-unsaturated/α-hetero) is 1. The summed E-state index contributed by atoms with van der Waals surface area (Å²) in [4.78, 5) is 14.8. The Balaban J connectivity index is 1.67. The van der Waals surface area contributed by atoms with Gasteiger partial charge in [-0.15, -0.1) is 0 Å². The summed E-state index contributed by atoms with van der Waals surface area (Å²) in [6.07, 6.45) is 8.49. The minimum Gasteiger partial charge on any atom is -0.447 e. The molecule has 1 aromatic rings. The van der Waals surface area contributed by atoms with Crippen molar-refractivity contribution < 1.29 is 9.53 Å². The second kappa shape index (κ2) is 6.15. The SMILES string of the molecule is CCC1=C2C=CC=CN2/C(=C2\OC(c3ccc(Br)cc3)=CS2)C1=O. The molecule has 0 aromatic heterocycles. The summed E-state index contributed by atoms with van der Waals surface area (Å²) < 4.78 is 7.05. The number of ether oxygens (including phenoxy) is 1. The zero-order valence-corrected chi connectivity index (χ0v) is 15.4. The highest BCUT2D eigenvalue weighted by Gasteiger charge is 2.37. The van der Waals surface area contributed by atoms with E-state index in [2.05, 4.69) is 15.9 Å². The molecule has 0 fully saturated rings. The highest BCUT2D eigenvalue weighted by atomic mass is 79.9. The van der Waals surface area contributed by atoms with Crippen molar-refractivity contribution in [3.05, 3.63) is 86.2 Å².